The fourth-order valence-corrected chi connectivity index (χ4v) is 4.89. The molecule has 3 rings (SSSR count). The molecule has 334 valence electrons. The molecule has 0 aliphatic heterocycles. The number of rotatable bonds is 19. The van der Waals surface area contributed by atoms with Gasteiger partial charge in [-0.3, -0.25) is 19.2 Å². The Balaban J connectivity index is 0. The van der Waals surface area contributed by atoms with Crippen LogP contribution in [0.3, 0.4) is 0 Å². The highest BCUT2D eigenvalue weighted by atomic mass is 19.1. The summed E-state index contributed by atoms with van der Waals surface area (Å²) in [5.74, 6) is -2.10. The Bertz CT molecular complexity index is 1650. The molecule has 0 saturated heterocycles. The van der Waals surface area contributed by atoms with Crippen LogP contribution in [0.4, 0.5) is 4.39 Å². The van der Waals surface area contributed by atoms with E-state index in [1.54, 1.807) is 6.07 Å². The van der Waals surface area contributed by atoms with E-state index < -0.39 is 12.0 Å². The second-order valence-electron chi connectivity index (χ2n) is 13.9. The molecule has 0 spiro atoms. The van der Waals surface area contributed by atoms with E-state index in [0.717, 1.165) is 66.4 Å². The summed E-state index contributed by atoms with van der Waals surface area (Å²) >= 11 is 0. The van der Waals surface area contributed by atoms with Crippen molar-refractivity contribution < 1.29 is 42.9 Å². The summed E-state index contributed by atoms with van der Waals surface area (Å²) < 4.78 is 25.1. The lowest BCUT2D eigenvalue weighted by Crippen LogP contribution is -2.45. The van der Waals surface area contributed by atoms with Gasteiger partial charge in [0.05, 0.1) is 24.8 Å². The lowest BCUT2D eigenvalue weighted by molar-refractivity contribution is -0.147. The maximum Gasteiger partial charge on any atom is 0.329 e. The third kappa shape index (κ3) is 29.9. The summed E-state index contributed by atoms with van der Waals surface area (Å²) in [5, 5.41) is 14.1. The first-order valence-corrected chi connectivity index (χ1v) is 20.1. The number of unbranched alkanes of at least 4 members (excludes halogenated alkanes) is 3. The van der Waals surface area contributed by atoms with Gasteiger partial charge in [-0.1, -0.05) is 51.0 Å². The quantitative estimate of drug-likeness (QED) is 0.0649. The number of primary amides is 1. The van der Waals surface area contributed by atoms with Crippen molar-refractivity contribution in [2.75, 3.05) is 26.7 Å². The predicted octanol–water partition coefficient (Wildman–Crippen LogP) is 4.60. The van der Waals surface area contributed by atoms with Gasteiger partial charge in [-0.25, -0.2) is 9.18 Å². The van der Waals surface area contributed by atoms with E-state index in [2.05, 4.69) is 27.1 Å². The van der Waals surface area contributed by atoms with Crippen molar-refractivity contribution in [3.63, 3.8) is 0 Å². The Kier molecular flexibility index (Phi) is 32.4. The average molecular weight is 834 g/mol. The van der Waals surface area contributed by atoms with Crippen molar-refractivity contribution in [1.82, 2.24) is 15.2 Å². The summed E-state index contributed by atoms with van der Waals surface area (Å²) in [6.45, 7) is 14.8. The molecule has 15 nitrogen and oxygen atoms in total. The number of carboxylic acids is 1. The van der Waals surface area contributed by atoms with Crippen molar-refractivity contribution in [3.05, 3.63) is 71.2 Å². The van der Waals surface area contributed by atoms with Crippen LogP contribution in [0.15, 0.2) is 48.7 Å². The van der Waals surface area contributed by atoms with Crippen LogP contribution in [0.1, 0.15) is 103 Å². The number of carboxylic acid groups (broad SMARTS) is 1. The molecule has 1 aromatic heterocycles. The smallest absolute Gasteiger partial charge is 0.329 e. The first-order chi connectivity index (χ1) is 27.8. The van der Waals surface area contributed by atoms with Crippen LogP contribution < -0.4 is 33.6 Å². The number of ether oxygens (including phenoxy) is 2. The monoisotopic (exact) mass is 834 g/mol. The Morgan fingerprint density at radius 3 is 2.12 bits per heavy atom. The third-order valence-electron chi connectivity index (χ3n) is 8.00. The molecule has 3 aromatic rings. The summed E-state index contributed by atoms with van der Waals surface area (Å²) in [5.41, 5.74) is 25.5. The molecule has 2 atom stereocenters. The Morgan fingerprint density at radius 2 is 1.58 bits per heavy atom. The Labute approximate surface area is 350 Å². The molecule has 0 aliphatic carbocycles. The number of likely N-dealkylation sites (N-methyl/N-ethyl adjacent to an activating group) is 1. The number of carbonyl (C=O) groups excluding carboxylic acids is 4. The number of nitrogens with zero attached hydrogens (tertiary/aromatic N) is 1. The standard InChI is InChI=1S/C15H21FN2.C13H20N4O2.C7H14O2.C6H12O3.C2H5NO/c1-12-11-18(9-5-3-2-4-8-17)15-7-6-13(16)10-14(12)15;1-16-12(18)8-17-13(19)11(15)6-9-3-2-4-10(5-9)7-14;1-4-5-7(8)9-6(2)3;1-3-5(2)9-4-6(7)8;1-2(3)4/h6-7,10-11H,2-5,8-9,17H2,1H3;2-5,11H,6-8,14-15H2,1H3,(H,16,18)(H,17,19);6H,4-5H2,1-3H3;5H,3-4H2,1-2H3,(H,7,8);1H3,(H2,3,4). The van der Waals surface area contributed by atoms with Crippen LogP contribution in [0.5, 0.6) is 0 Å². The third-order valence-corrected chi connectivity index (χ3v) is 8.00. The zero-order chi connectivity index (χ0) is 45.3. The Morgan fingerprint density at radius 1 is 0.949 bits per heavy atom. The highest BCUT2D eigenvalue weighted by molar-refractivity contribution is 5.87. The fourth-order valence-electron chi connectivity index (χ4n) is 4.89. The molecular weight excluding hydrogens is 762 g/mol. The summed E-state index contributed by atoms with van der Waals surface area (Å²) in [6, 6.07) is 12.0. The van der Waals surface area contributed by atoms with Crippen LogP contribution in [-0.2, 0) is 53.0 Å². The van der Waals surface area contributed by atoms with Crippen molar-refractivity contribution in [2.24, 2.45) is 22.9 Å². The van der Waals surface area contributed by atoms with Gasteiger partial charge in [-0.2, -0.15) is 0 Å². The number of esters is 1. The van der Waals surface area contributed by atoms with Gasteiger partial charge in [0.1, 0.15) is 12.4 Å². The van der Waals surface area contributed by atoms with Gasteiger partial charge in [-0.15, -0.1) is 0 Å². The second-order valence-corrected chi connectivity index (χ2v) is 13.9. The van der Waals surface area contributed by atoms with Crippen molar-refractivity contribution >= 4 is 40.6 Å². The van der Waals surface area contributed by atoms with E-state index in [0.29, 0.717) is 19.4 Å². The van der Waals surface area contributed by atoms with Crippen molar-refractivity contribution in [3.8, 4) is 0 Å². The number of amides is 3. The van der Waals surface area contributed by atoms with Gasteiger partial charge in [0, 0.05) is 50.6 Å². The number of benzene rings is 2. The highest BCUT2D eigenvalue weighted by Gasteiger charge is 2.15. The van der Waals surface area contributed by atoms with E-state index >= 15 is 0 Å². The first kappa shape index (κ1) is 56.2. The minimum absolute atomic E-state index is 0.0315. The molecule has 0 saturated carbocycles. The maximum absolute atomic E-state index is 13.2. The molecule has 0 radical (unpaired) electrons. The Hall–Kier alpha value is -4.90. The molecule has 2 aromatic carbocycles. The average Bonchev–Trinajstić information content (AvgIpc) is 3.49. The minimum Gasteiger partial charge on any atom is -0.480 e. The summed E-state index contributed by atoms with van der Waals surface area (Å²) in [6.07, 6.45) is 9.54. The number of hydrogen-bond acceptors (Lipinski definition) is 10. The number of fused-ring (bicyclic) bond motifs is 1. The number of aryl methyl sites for hydroxylation is 2. The van der Waals surface area contributed by atoms with E-state index in [1.807, 2.05) is 71.9 Å². The lowest BCUT2D eigenvalue weighted by atomic mass is 10.0. The van der Waals surface area contributed by atoms with Gasteiger partial charge < -0.3 is 52.7 Å². The minimum atomic E-state index is -0.907. The normalized spacial score (nSPS) is 11.1. The van der Waals surface area contributed by atoms with E-state index in [1.165, 1.54) is 32.9 Å². The molecule has 0 fully saturated rings. The lowest BCUT2D eigenvalue weighted by Gasteiger charge is -2.12. The second kappa shape index (κ2) is 34.0. The van der Waals surface area contributed by atoms with Crippen molar-refractivity contribution in [1.29, 1.82) is 0 Å². The zero-order valence-electron chi connectivity index (χ0n) is 36.5. The van der Waals surface area contributed by atoms with E-state index in [-0.39, 0.29) is 54.9 Å². The van der Waals surface area contributed by atoms with Gasteiger partial charge in [0.15, 0.2) is 0 Å². The molecule has 11 N–H and O–H groups in total. The largest absolute Gasteiger partial charge is 0.480 e. The molecule has 3 amide bonds. The maximum atomic E-state index is 13.2. The van der Waals surface area contributed by atoms with Crippen LogP contribution in [0, 0.1) is 12.7 Å². The molecule has 0 bridgehead atoms. The number of hydrogen-bond donors (Lipinski definition) is 7. The van der Waals surface area contributed by atoms with Crippen LogP contribution in [0.2, 0.25) is 0 Å². The molecule has 59 heavy (non-hydrogen) atoms. The topological polar surface area (TPSA) is 257 Å². The van der Waals surface area contributed by atoms with Crippen molar-refractivity contribution in [2.45, 2.75) is 131 Å². The van der Waals surface area contributed by atoms with Crippen LogP contribution in [-0.4, -0.2) is 84.3 Å². The fraction of sp³-hybridized carbons (Fsp3) is 0.558. The SMILES string of the molecule is CC(N)=O.CCC(C)OCC(=O)O.CCCC(=O)OC(C)C.CNC(=O)CNC(=O)C(N)Cc1cccc(CN)c1.Cc1cn(CCCCCCN)c2ccc(F)cc12. The van der Waals surface area contributed by atoms with E-state index in [4.69, 9.17) is 31.8 Å². The zero-order valence-corrected chi connectivity index (χ0v) is 36.5. The highest BCUT2D eigenvalue weighted by Crippen LogP contribution is 2.22. The first-order valence-electron chi connectivity index (χ1n) is 20.1. The van der Waals surface area contributed by atoms with E-state index in [9.17, 15) is 28.4 Å². The molecule has 2 unspecified atom stereocenters. The number of aromatic nitrogens is 1. The van der Waals surface area contributed by atoms with Gasteiger partial charge in [0.2, 0.25) is 17.7 Å². The van der Waals surface area contributed by atoms with Gasteiger partial charge in [-0.05, 0) is 101 Å². The van der Waals surface area contributed by atoms with Crippen LogP contribution in [0.25, 0.3) is 10.9 Å². The number of halogens is 1. The molecule has 16 heteroatoms. The summed E-state index contributed by atoms with van der Waals surface area (Å²) in [4.78, 5) is 52.4. The molecule has 0 aliphatic rings. The molecule has 1 heterocycles. The summed E-state index contributed by atoms with van der Waals surface area (Å²) in [7, 11) is 1.51. The predicted molar refractivity (Wildman–Crippen MR) is 232 cm³/mol. The number of nitrogens with one attached hydrogen (secondary N) is 2. The number of nitrogens with two attached hydrogens (primary N) is 4. The van der Waals surface area contributed by atoms with Gasteiger partial charge in [0.25, 0.3) is 0 Å². The molecular formula is C43H72FN7O8. The number of carbonyl (C=O) groups is 5. The number of aliphatic carboxylic acids is 1. The van der Waals surface area contributed by atoms with Crippen LogP contribution >= 0.6 is 0 Å². The van der Waals surface area contributed by atoms with Gasteiger partial charge >= 0.3 is 11.9 Å².